The molecule has 0 radical (unpaired) electrons. The Balaban J connectivity index is 1.14. The number of carbonyl (C=O) groups is 2. The van der Waals surface area contributed by atoms with E-state index in [2.05, 4.69) is 102 Å². The minimum Gasteiger partial charge on any atom is -0.373 e. The molecule has 3 heterocycles. The average Bonchev–Trinajstić information content (AvgIpc) is 4.07. The summed E-state index contributed by atoms with van der Waals surface area (Å²) in [6.45, 7) is 7.85. The standard InChI is InChI=1S/C51H53N5O6S3Si/c1-5-54-49(59)47(65-51(54)63)50-55(33-46(57)53(29-28-52)34-66(60-6-2,61-7-3)62-8-4)48(58)45(64-50)32-36-24-27-44-42(31-36)40-20-15-21-43(40)56(44)39-25-22-35(23-26-39)30-41(37-16-11-9-12-17-37)38-18-13-10-14-19-38/h9-14,16-19,22-27,30-32,40,43H,5-8,15,20-21,29,33-34H2,1-4H3/b45-32+,50-47+. The van der Waals surface area contributed by atoms with Gasteiger partial charge in [0.15, 0.2) is 0 Å². The fraction of sp³-hybridized carbons (Fsp3) is 0.314. The fourth-order valence-corrected chi connectivity index (χ4v) is 14.5. The first-order valence-electron chi connectivity index (χ1n) is 22.5. The number of nitrogens with zero attached hydrogens (tertiary/aromatic N) is 5. The number of anilines is 2. The van der Waals surface area contributed by atoms with Gasteiger partial charge in [-0.2, -0.15) is 5.26 Å². The highest BCUT2D eigenvalue weighted by atomic mass is 32.2. The molecular weight excluding hydrogens is 903 g/mol. The molecule has 11 nitrogen and oxygen atoms in total. The van der Waals surface area contributed by atoms with Crippen molar-refractivity contribution in [3.05, 3.63) is 150 Å². The summed E-state index contributed by atoms with van der Waals surface area (Å²) in [6, 6.07) is 38.6. The van der Waals surface area contributed by atoms with E-state index in [1.54, 1.807) is 0 Å². The lowest BCUT2D eigenvalue weighted by Crippen LogP contribution is -2.57. The van der Waals surface area contributed by atoms with Crippen molar-refractivity contribution in [1.29, 1.82) is 5.26 Å². The molecule has 1 saturated carbocycles. The summed E-state index contributed by atoms with van der Waals surface area (Å²) < 4.78 is 20.5. The Bertz CT molecular complexity index is 2800. The van der Waals surface area contributed by atoms with Crippen LogP contribution in [0.1, 0.15) is 80.7 Å². The Labute approximate surface area is 400 Å². The van der Waals surface area contributed by atoms with Crippen LogP contribution in [0.15, 0.2) is 108 Å². The Kier molecular flexibility index (Phi) is 15.0. The number of hydrogen-bond donors (Lipinski definition) is 0. The van der Waals surface area contributed by atoms with Crippen molar-refractivity contribution in [2.45, 2.75) is 65.5 Å². The molecule has 3 aliphatic rings. The topological polar surface area (TPSA) is 117 Å². The van der Waals surface area contributed by atoms with Gasteiger partial charge in [-0.25, -0.2) is 0 Å². The number of nitriles is 1. The second-order valence-electron chi connectivity index (χ2n) is 16.1. The smallest absolute Gasteiger partial charge is 0.373 e. The third-order valence-corrected chi connectivity index (χ3v) is 17.8. The number of carbonyl (C=O) groups excluding carboxylic acids is 2. The third kappa shape index (κ3) is 9.68. The number of hydrogen-bond acceptors (Lipinski definition) is 11. The SMILES string of the molecule is CCO[Si](CN(CC#N)C(=O)Cn1c(=O)/c(=C\c2ccc3c(c2)C2CCCC2N3c2ccc(C=C(c3ccccc3)c3ccccc3)cc2)s/c1=C1/SC(=S)N(CC)C1=O)(OCC)OCC. The fourth-order valence-electron chi connectivity index (χ4n) is 9.26. The van der Waals surface area contributed by atoms with Gasteiger partial charge in [0.2, 0.25) is 5.91 Å². The lowest BCUT2D eigenvalue weighted by atomic mass is 9.95. The number of benzene rings is 4. The zero-order chi connectivity index (χ0) is 46.4. The molecule has 2 amide bonds. The number of thiazole rings is 1. The van der Waals surface area contributed by atoms with Crippen LogP contribution < -0.4 is 19.7 Å². The summed E-state index contributed by atoms with van der Waals surface area (Å²) in [5, 5.41) is 9.83. The molecule has 2 unspecified atom stereocenters. The minimum atomic E-state index is -3.42. The molecule has 66 heavy (non-hydrogen) atoms. The Hall–Kier alpha value is -5.44. The van der Waals surface area contributed by atoms with Crippen molar-refractivity contribution in [1.82, 2.24) is 14.4 Å². The molecule has 340 valence electrons. The summed E-state index contributed by atoms with van der Waals surface area (Å²) in [7, 11) is -3.42. The molecule has 5 aromatic rings. The highest BCUT2D eigenvalue weighted by Crippen LogP contribution is 2.52. The first-order chi connectivity index (χ1) is 32.1. The zero-order valence-corrected chi connectivity index (χ0v) is 41.1. The van der Waals surface area contributed by atoms with E-state index in [1.807, 2.05) is 52.0 Å². The van der Waals surface area contributed by atoms with Gasteiger partial charge in [0, 0.05) is 49.7 Å². The minimum absolute atomic E-state index is 0.0704. The van der Waals surface area contributed by atoms with E-state index in [4.69, 9.17) is 25.5 Å². The quantitative estimate of drug-likeness (QED) is 0.0393. The molecule has 15 heteroatoms. The van der Waals surface area contributed by atoms with Gasteiger partial charge in [0.25, 0.3) is 11.5 Å². The van der Waals surface area contributed by atoms with E-state index in [0.717, 1.165) is 70.2 Å². The largest absolute Gasteiger partial charge is 0.521 e. The van der Waals surface area contributed by atoms with E-state index in [-0.39, 0.29) is 18.6 Å². The van der Waals surface area contributed by atoms with Gasteiger partial charge < -0.3 is 23.1 Å². The number of fused-ring (bicyclic) bond motifs is 3. The molecule has 1 aliphatic carbocycles. The van der Waals surface area contributed by atoms with Crippen LogP contribution in [0.2, 0.25) is 0 Å². The van der Waals surface area contributed by atoms with E-state index in [0.29, 0.717) is 56.7 Å². The highest BCUT2D eigenvalue weighted by Gasteiger charge is 2.45. The number of rotatable bonds is 17. The molecule has 1 aromatic heterocycles. The van der Waals surface area contributed by atoms with Crippen molar-refractivity contribution in [3.8, 4) is 6.07 Å². The van der Waals surface area contributed by atoms with Gasteiger partial charge in [-0.1, -0.05) is 109 Å². The zero-order valence-electron chi connectivity index (χ0n) is 37.6. The van der Waals surface area contributed by atoms with Gasteiger partial charge in [0.1, 0.15) is 27.0 Å². The van der Waals surface area contributed by atoms with Gasteiger partial charge >= 0.3 is 8.80 Å². The molecule has 0 N–H and O–H groups in total. The predicted octanol–water partition coefficient (Wildman–Crippen LogP) is 8.04. The highest BCUT2D eigenvalue weighted by molar-refractivity contribution is 8.30. The lowest BCUT2D eigenvalue weighted by molar-refractivity contribution is -0.131. The number of thiocarbonyl (C=S) groups is 1. The maximum atomic E-state index is 14.6. The normalized spacial score (nSPS) is 17.8. The Morgan fingerprint density at radius 3 is 2.11 bits per heavy atom. The Morgan fingerprint density at radius 1 is 0.879 bits per heavy atom. The molecule has 2 aliphatic heterocycles. The summed E-state index contributed by atoms with van der Waals surface area (Å²) in [5.74, 6) is -0.486. The monoisotopic (exact) mass is 955 g/mol. The first kappa shape index (κ1) is 47.1. The molecule has 1 saturated heterocycles. The van der Waals surface area contributed by atoms with Gasteiger partial charge in [0.05, 0.1) is 16.8 Å². The maximum absolute atomic E-state index is 14.6. The molecule has 8 rings (SSSR count). The number of thioether (sulfide) groups is 1. The summed E-state index contributed by atoms with van der Waals surface area (Å²) in [6.07, 6.45) is 7.30. The predicted molar refractivity (Wildman–Crippen MR) is 270 cm³/mol. The third-order valence-electron chi connectivity index (χ3n) is 12.1. The first-order valence-corrected chi connectivity index (χ1v) is 26.5. The van der Waals surface area contributed by atoms with Crippen LogP contribution in [0.5, 0.6) is 0 Å². The van der Waals surface area contributed by atoms with Crippen LogP contribution in [-0.2, 0) is 29.4 Å². The molecular formula is C51H53N5O6S3Si. The number of aromatic nitrogens is 1. The van der Waals surface area contributed by atoms with Crippen LogP contribution in [0.3, 0.4) is 0 Å². The van der Waals surface area contributed by atoms with Crippen molar-refractivity contribution in [2.24, 2.45) is 0 Å². The average molecular weight is 956 g/mol. The van der Waals surface area contributed by atoms with Crippen molar-refractivity contribution in [2.75, 3.05) is 44.0 Å². The van der Waals surface area contributed by atoms with E-state index < -0.39 is 26.8 Å². The van der Waals surface area contributed by atoms with Gasteiger partial charge in [-0.15, -0.1) is 11.3 Å². The summed E-state index contributed by atoms with van der Waals surface area (Å²) in [5.41, 5.74) is 8.59. The van der Waals surface area contributed by atoms with Crippen LogP contribution in [0.25, 0.3) is 22.6 Å². The van der Waals surface area contributed by atoms with Crippen molar-refractivity contribution >= 4 is 94.3 Å². The van der Waals surface area contributed by atoms with E-state index in [9.17, 15) is 19.6 Å². The lowest BCUT2D eigenvalue weighted by Gasteiger charge is -2.32. The molecule has 0 bridgehead atoms. The second kappa shape index (κ2) is 21.0. The summed E-state index contributed by atoms with van der Waals surface area (Å²) >= 11 is 7.86. The van der Waals surface area contributed by atoms with E-state index >= 15 is 0 Å². The summed E-state index contributed by atoms with van der Waals surface area (Å²) in [4.78, 5) is 48.1. The van der Waals surface area contributed by atoms with Gasteiger partial charge in [-0.3, -0.25) is 23.9 Å². The van der Waals surface area contributed by atoms with Crippen LogP contribution in [0, 0.1) is 11.3 Å². The second-order valence-corrected chi connectivity index (χ2v) is 21.3. The maximum Gasteiger partial charge on any atom is 0.521 e. The van der Waals surface area contributed by atoms with Crippen LogP contribution >= 0.6 is 35.3 Å². The molecule has 4 aromatic carbocycles. The molecule has 2 atom stereocenters. The van der Waals surface area contributed by atoms with Gasteiger partial charge in [-0.05, 0) is 110 Å². The Morgan fingerprint density at radius 2 is 1.52 bits per heavy atom. The van der Waals surface area contributed by atoms with Crippen molar-refractivity contribution < 1.29 is 22.9 Å². The van der Waals surface area contributed by atoms with Crippen LogP contribution in [-0.4, -0.2) is 84.4 Å². The number of amides is 2. The molecule has 0 spiro atoms. The van der Waals surface area contributed by atoms with E-state index in [1.165, 1.54) is 31.3 Å². The van der Waals surface area contributed by atoms with Crippen LogP contribution in [0.4, 0.5) is 11.4 Å². The van der Waals surface area contributed by atoms with Crippen molar-refractivity contribution in [3.63, 3.8) is 0 Å². The molecule has 2 fully saturated rings.